The first-order chi connectivity index (χ1) is 7.89. The third-order valence-electron chi connectivity index (χ3n) is 3.00. The predicted molar refractivity (Wildman–Crippen MR) is 67.7 cm³/mol. The molecule has 2 atom stereocenters. The van der Waals surface area contributed by atoms with E-state index >= 15 is 0 Å². The van der Waals surface area contributed by atoms with Crippen molar-refractivity contribution in [3.8, 4) is 0 Å². The van der Waals surface area contributed by atoms with Crippen LogP contribution in [-0.4, -0.2) is 32.7 Å². The molecule has 3 N–H and O–H groups in total. The lowest BCUT2D eigenvalue weighted by atomic mass is 9.87. The Morgan fingerprint density at radius 2 is 2.00 bits per heavy atom. The standard InChI is InChI=1S/C11H24N2O3S/c1-9(2)7-12-17(15,16)13-8-10-4-3-5-11(14)6-10/h9-14H,3-8H2,1-2H3. The van der Waals surface area contributed by atoms with E-state index in [0.29, 0.717) is 25.4 Å². The van der Waals surface area contributed by atoms with Gasteiger partial charge in [-0.3, -0.25) is 0 Å². The quantitative estimate of drug-likeness (QED) is 0.658. The van der Waals surface area contributed by atoms with Crippen LogP contribution in [0.5, 0.6) is 0 Å². The van der Waals surface area contributed by atoms with Gasteiger partial charge in [0.1, 0.15) is 0 Å². The van der Waals surface area contributed by atoms with Crippen molar-refractivity contribution in [3.05, 3.63) is 0 Å². The molecule has 5 nitrogen and oxygen atoms in total. The molecule has 0 spiro atoms. The van der Waals surface area contributed by atoms with Crippen molar-refractivity contribution >= 4 is 10.2 Å². The van der Waals surface area contributed by atoms with Gasteiger partial charge >= 0.3 is 0 Å². The first-order valence-electron chi connectivity index (χ1n) is 6.31. The van der Waals surface area contributed by atoms with E-state index in [-0.39, 0.29) is 12.0 Å². The Labute approximate surface area is 104 Å². The van der Waals surface area contributed by atoms with Crippen molar-refractivity contribution < 1.29 is 13.5 Å². The lowest BCUT2D eigenvalue weighted by Gasteiger charge is -2.25. The summed E-state index contributed by atoms with van der Waals surface area (Å²) in [5.41, 5.74) is 0. The molecule has 0 bridgehead atoms. The summed E-state index contributed by atoms with van der Waals surface area (Å²) in [7, 11) is -3.38. The van der Waals surface area contributed by atoms with Crippen molar-refractivity contribution in [3.63, 3.8) is 0 Å². The van der Waals surface area contributed by atoms with Crippen LogP contribution in [0, 0.1) is 11.8 Å². The highest BCUT2D eigenvalue weighted by atomic mass is 32.2. The number of hydrogen-bond donors (Lipinski definition) is 3. The topological polar surface area (TPSA) is 78.4 Å². The van der Waals surface area contributed by atoms with Gasteiger partial charge in [-0.2, -0.15) is 8.42 Å². The second-order valence-electron chi connectivity index (χ2n) is 5.28. The van der Waals surface area contributed by atoms with Gasteiger partial charge in [0.2, 0.25) is 0 Å². The molecular weight excluding hydrogens is 240 g/mol. The van der Waals surface area contributed by atoms with Crippen LogP contribution in [0.3, 0.4) is 0 Å². The smallest absolute Gasteiger partial charge is 0.276 e. The van der Waals surface area contributed by atoms with Crippen molar-refractivity contribution in [1.29, 1.82) is 0 Å². The molecule has 0 saturated heterocycles. The van der Waals surface area contributed by atoms with Crippen LogP contribution in [0.15, 0.2) is 0 Å². The predicted octanol–water partition coefficient (Wildman–Crippen LogP) is 0.617. The van der Waals surface area contributed by atoms with Crippen LogP contribution in [0.2, 0.25) is 0 Å². The molecule has 0 aromatic carbocycles. The molecule has 102 valence electrons. The van der Waals surface area contributed by atoms with Gasteiger partial charge < -0.3 is 5.11 Å². The summed E-state index contributed by atoms with van der Waals surface area (Å²) in [4.78, 5) is 0. The molecule has 1 rings (SSSR count). The zero-order chi connectivity index (χ0) is 12.9. The Balaban J connectivity index is 2.28. The molecule has 6 heteroatoms. The first kappa shape index (κ1) is 14.9. The second-order valence-corrected chi connectivity index (χ2v) is 6.86. The minimum absolute atomic E-state index is 0.259. The van der Waals surface area contributed by atoms with Crippen LogP contribution < -0.4 is 9.44 Å². The fraction of sp³-hybridized carbons (Fsp3) is 1.00. The van der Waals surface area contributed by atoms with E-state index in [1.807, 2.05) is 13.8 Å². The van der Waals surface area contributed by atoms with Crippen LogP contribution in [0.25, 0.3) is 0 Å². The van der Waals surface area contributed by atoms with Crippen LogP contribution in [0.1, 0.15) is 39.5 Å². The van der Waals surface area contributed by atoms with Crippen molar-refractivity contribution in [1.82, 2.24) is 9.44 Å². The summed E-state index contributed by atoms with van der Waals surface area (Å²) in [5.74, 6) is 0.553. The van der Waals surface area contributed by atoms with Crippen LogP contribution in [-0.2, 0) is 10.2 Å². The summed E-state index contributed by atoms with van der Waals surface area (Å²) in [5, 5.41) is 9.49. The molecule has 1 aliphatic carbocycles. The maximum absolute atomic E-state index is 11.6. The Morgan fingerprint density at radius 1 is 1.29 bits per heavy atom. The lowest BCUT2D eigenvalue weighted by Crippen LogP contribution is -2.41. The minimum atomic E-state index is -3.38. The SMILES string of the molecule is CC(C)CNS(=O)(=O)NCC1CCCC(O)C1. The van der Waals surface area contributed by atoms with Gasteiger partial charge in [-0.15, -0.1) is 0 Å². The van der Waals surface area contributed by atoms with Gasteiger partial charge in [0.05, 0.1) is 6.10 Å². The van der Waals surface area contributed by atoms with Gasteiger partial charge in [-0.25, -0.2) is 9.44 Å². The maximum atomic E-state index is 11.6. The molecule has 0 aromatic rings. The molecule has 0 aliphatic heterocycles. The van der Waals surface area contributed by atoms with Crippen molar-refractivity contribution in [2.45, 2.75) is 45.6 Å². The second kappa shape index (κ2) is 6.68. The summed E-state index contributed by atoms with van der Waals surface area (Å²) in [6, 6.07) is 0. The monoisotopic (exact) mass is 264 g/mol. The van der Waals surface area contributed by atoms with Crippen LogP contribution >= 0.6 is 0 Å². The largest absolute Gasteiger partial charge is 0.393 e. The van der Waals surface area contributed by atoms with Crippen molar-refractivity contribution in [2.75, 3.05) is 13.1 Å². The summed E-state index contributed by atoms with van der Waals surface area (Å²) in [6.45, 7) is 4.78. The van der Waals surface area contributed by atoms with E-state index < -0.39 is 10.2 Å². The van der Waals surface area contributed by atoms with E-state index in [9.17, 15) is 13.5 Å². The van der Waals surface area contributed by atoms with Crippen molar-refractivity contribution in [2.24, 2.45) is 11.8 Å². The molecular formula is C11H24N2O3S. The summed E-state index contributed by atoms with van der Waals surface area (Å²) >= 11 is 0. The Morgan fingerprint density at radius 3 is 2.59 bits per heavy atom. The third kappa shape index (κ3) is 6.35. The Hall–Kier alpha value is -0.170. The summed E-state index contributed by atoms with van der Waals surface area (Å²) in [6.07, 6.45) is 3.25. The zero-order valence-corrected chi connectivity index (χ0v) is 11.5. The Kier molecular flexibility index (Phi) is 5.85. The van der Waals surface area contributed by atoms with Gasteiger partial charge in [-0.05, 0) is 31.1 Å². The van der Waals surface area contributed by atoms with Gasteiger partial charge in [0.25, 0.3) is 10.2 Å². The number of aliphatic hydroxyl groups is 1. The molecule has 0 aromatic heterocycles. The fourth-order valence-corrected chi connectivity index (χ4v) is 3.11. The maximum Gasteiger partial charge on any atom is 0.276 e. The molecule has 0 heterocycles. The average molecular weight is 264 g/mol. The highest BCUT2D eigenvalue weighted by Crippen LogP contribution is 2.23. The Bertz CT molecular complexity index is 317. The molecule has 17 heavy (non-hydrogen) atoms. The lowest BCUT2D eigenvalue weighted by molar-refractivity contribution is 0.102. The van der Waals surface area contributed by atoms with E-state index in [1.54, 1.807) is 0 Å². The number of hydrogen-bond acceptors (Lipinski definition) is 3. The van der Waals surface area contributed by atoms with Gasteiger partial charge in [0, 0.05) is 13.1 Å². The highest BCUT2D eigenvalue weighted by molar-refractivity contribution is 7.87. The number of aliphatic hydroxyl groups excluding tert-OH is 1. The molecule has 1 saturated carbocycles. The molecule has 1 aliphatic rings. The average Bonchev–Trinajstić information content (AvgIpc) is 2.24. The molecule has 2 unspecified atom stereocenters. The molecule has 0 amide bonds. The third-order valence-corrected chi connectivity index (χ3v) is 4.09. The molecule has 1 fully saturated rings. The van der Waals surface area contributed by atoms with Gasteiger partial charge in [-0.1, -0.05) is 20.3 Å². The number of nitrogens with one attached hydrogen (secondary N) is 2. The van der Waals surface area contributed by atoms with E-state index in [0.717, 1.165) is 19.3 Å². The van der Waals surface area contributed by atoms with Crippen LogP contribution in [0.4, 0.5) is 0 Å². The van der Waals surface area contributed by atoms with E-state index in [1.165, 1.54) is 0 Å². The highest BCUT2D eigenvalue weighted by Gasteiger charge is 2.21. The zero-order valence-electron chi connectivity index (χ0n) is 10.6. The first-order valence-corrected chi connectivity index (χ1v) is 7.79. The van der Waals surface area contributed by atoms with E-state index in [4.69, 9.17) is 0 Å². The number of rotatable bonds is 6. The fourth-order valence-electron chi connectivity index (χ4n) is 2.00. The normalized spacial score (nSPS) is 26.4. The minimum Gasteiger partial charge on any atom is -0.393 e. The van der Waals surface area contributed by atoms with Gasteiger partial charge in [0.15, 0.2) is 0 Å². The summed E-state index contributed by atoms with van der Waals surface area (Å²) < 4.78 is 28.2. The van der Waals surface area contributed by atoms with E-state index in [2.05, 4.69) is 9.44 Å². The molecule has 0 radical (unpaired) electrons.